The van der Waals surface area contributed by atoms with Gasteiger partial charge >= 0.3 is 0 Å². The molecule has 2 heterocycles. The van der Waals surface area contributed by atoms with Crippen molar-refractivity contribution in [3.63, 3.8) is 0 Å². The van der Waals surface area contributed by atoms with Crippen LogP contribution in [0.4, 0.5) is 5.69 Å². The maximum atomic E-state index is 11.9. The van der Waals surface area contributed by atoms with Crippen LogP contribution in [0.5, 0.6) is 0 Å². The Morgan fingerprint density at radius 2 is 1.95 bits per heavy atom. The van der Waals surface area contributed by atoms with Crippen LogP contribution in [0.15, 0.2) is 30.3 Å². The molecule has 2 aromatic rings. The summed E-state index contributed by atoms with van der Waals surface area (Å²) in [5.41, 5.74) is 3.17. The van der Waals surface area contributed by atoms with E-state index >= 15 is 0 Å². The summed E-state index contributed by atoms with van der Waals surface area (Å²) in [6.07, 6.45) is 3.62. The van der Waals surface area contributed by atoms with Crippen molar-refractivity contribution >= 4 is 22.4 Å². The van der Waals surface area contributed by atoms with E-state index in [0.717, 1.165) is 42.1 Å². The van der Waals surface area contributed by atoms with E-state index in [1.165, 1.54) is 23.8 Å². The molecule has 2 aromatic carbocycles. The van der Waals surface area contributed by atoms with E-state index in [4.69, 9.17) is 0 Å². The van der Waals surface area contributed by atoms with Crippen molar-refractivity contribution in [1.29, 1.82) is 0 Å². The molecule has 0 unspecified atom stereocenters. The number of carbonyl (C=O) groups excluding carboxylic acids is 1. The summed E-state index contributed by atoms with van der Waals surface area (Å²) in [6.45, 7) is 2.26. The zero-order valence-corrected chi connectivity index (χ0v) is 11.4. The van der Waals surface area contributed by atoms with Crippen LogP contribution in [-0.4, -0.2) is 19.0 Å². The van der Waals surface area contributed by atoms with Crippen LogP contribution < -0.4 is 10.6 Å². The summed E-state index contributed by atoms with van der Waals surface area (Å²) in [4.78, 5) is 11.9. The van der Waals surface area contributed by atoms with E-state index < -0.39 is 0 Å². The van der Waals surface area contributed by atoms with Gasteiger partial charge in [-0.25, -0.2) is 0 Å². The molecule has 0 bridgehead atoms. The number of hydrogen-bond acceptors (Lipinski definition) is 2. The van der Waals surface area contributed by atoms with Gasteiger partial charge in [-0.2, -0.15) is 0 Å². The normalized spacial score (nSPS) is 18.5. The van der Waals surface area contributed by atoms with Crippen molar-refractivity contribution in [2.75, 3.05) is 18.4 Å². The van der Waals surface area contributed by atoms with Crippen molar-refractivity contribution in [2.45, 2.75) is 19.3 Å². The highest BCUT2D eigenvalue weighted by Crippen LogP contribution is 2.36. The lowest BCUT2D eigenvalue weighted by atomic mass is 9.88. The molecular weight excluding hydrogens is 248 g/mol. The minimum atomic E-state index is 0.0321. The summed E-state index contributed by atoms with van der Waals surface area (Å²) < 4.78 is 0. The van der Waals surface area contributed by atoms with Crippen molar-refractivity contribution in [3.05, 3.63) is 41.5 Å². The highest BCUT2D eigenvalue weighted by atomic mass is 16.1. The third-order valence-electron chi connectivity index (χ3n) is 4.59. The smallest absolute Gasteiger partial charge is 0.256 e. The Morgan fingerprint density at radius 3 is 2.80 bits per heavy atom. The Bertz CT molecular complexity index is 687. The summed E-state index contributed by atoms with van der Waals surface area (Å²) in [6, 6.07) is 10.3. The molecule has 20 heavy (non-hydrogen) atoms. The number of nitrogens with one attached hydrogen (secondary N) is 2. The van der Waals surface area contributed by atoms with Gasteiger partial charge in [-0.3, -0.25) is 4.79 Å². The van der Waals surface area contributed by atoms with E-state index in [1.54, 1.807) is 0 Å². The van der Waals surface area contributed by atoms with Gasteiger partial charge in [-0.1, -0.05) is 18.2 Å². The van der Waals surface area contributed by atoms with Gasteiger partial charge in [0.1, 0.15) is 0 Å². The molecule has 1 amide bonds. The molecule has 1 saturated heterocycles. The highest BCUT2D eigenvalue weighted by Gasteiger charge is 2.23. The molecule has 0 saturated carbocycles. The summed E-state index contributed by atoms with van der Waals surface area (Å²) >= 11 is 0. The van der Waals surface area contributed by atoms with Gasteiger partial charge in [0.2, 0.25) is 0 Å². The fourth-order valence-corrected chi connectivity index (χ4v) is 3.52. The zero-order valence-electron chi connectivity index (χ0n) is 11.4. The lowest BCUT2D eigenvalue weighted by Crippen LogP contribution is -2.28. The first-order valence-electron chi connectivity index (χ1n) is 7.39. The fourth-order valence-electron chi connectivity index (χ4n) is 3.52. The molecule has 0 spiro atoms. The van der Waals surface area contributed by atoms with E-state index in [-0.39, 0.29) is 5.91 Å². The Balaban J connectivity index is 1.77. The van der Waals surface area contributed by atoms with Crippen molar-refractivity contribution < 1.29 is 4.79 Å². The first-order valence-corrected chi connectivity index (χ1v) is 7.39. The Kier molecular flexibility index (Phi) is 2.74. The molecule has 2 aliphatic rings. The monoisotopic (exact) mass is 266 g/mol. The number of anilines is 1. The van der Waals surface area contributed by atoms with Crippen molar-refractivity contribution in [2.24, 2.45) is 5.92 Å². The van der Waals surface area contributed by atoms with Crippen molar-refractivity contribution in [1.82, 2.24) is 5.32 Å². The number of benzene rings is 2. The fraction of sp³-hybridized carbons (Fsp3) is 0.353. The summed E-state index contributed by atoms with van der Waals surface area (Å²) in [5, 5.41) is 8.73. The second-order valence-electron chi connectivity index (χ2n) is 5.85. The Labute approximate surface area is 118 Å². The molecule has 4 rings (SSSR count). The van der Waals surface area contributed by atoms with Crippen LogP contribution in [-0.2, 0) is 6.42 Å². The quantitative estimate of drug-likeness (QED) is 0.877. The topological polar surface area (TPSA) is 41.1 Å². The lowest BCUT2D eigenvalue weighted by Gasteiger charge is -2.23. The SMILES string of the molecule is O=C1Nc2ccc(CC3CCNCC3)c3cccc1c23. The third kappa shape index (κ3) is 1.81. The van der Waals surface area contributed by atoms with Crippen LogP contribution in [0.1, 0.15) is 28.8 Å². The second kappa shape index (κ2) is 4.60. The maximum Gasteiger partial charge on any atom is 0.256 e. The van der Waals surface area contributed by atoms with E-state index in [2.05, 4.69) is 28.8 Å². The van der Waals surface area contributed by atoms with Gasteiger partial charge in [-0.05, 0) is 61.4 Å². The average molecular weight is 266 g/mol. The first-order chi connectivity index (χ1) is 9.83. The van der Waals surface area contributed by atoms with Crippen molar-refractivity contribution in [3.8, 4) is 0 Å². The number of carbonyl (C=O) groups is 1. The van der Waals surface area contributed by atoms with E-state index in [1.807, 2.05) is 12.1 Å². The number of piperidine rings is 1. The van der Waals surface area contributed by atoms with Crippen LogP contribution in [0, 0.1) is 5.92 Å². The molecule has 0 aromatic heterocycles. The van der Waals surface area contributed by atoms with Crippen LogP contribution in [0.3, 0.4) is 0 Å². The predicted molar refractivity (Wildman–Crippen MR) is 81.2 cm³/mol. The molecule has 1 fully saturated rings. The summed E-state index contributed by atoms with van der Waals surface area (Å²) in [7, 11) is 0. The van der Waals surface area contributed by atoms with Gasteiger partial charge in [0.15, 0.2) is 0 Å². The number of rotatable bonds is 2. The molecule has 2 N–H and O–H groups in total. The first kappa shape index (κ1) is 11.9. The molecule has 3 heteroatoms. The summed E-state index contributed by atoms with van der Waals surface area (Å²) in [5.74, 6) is 0.794. The molecular formula is C17H18N2O. The molecule has 0 atom stereocenters. The van der Waals surface area contributed by atoms with Crippen LogP contribution in [0.25, 0.3) is 10.8 Å². The zero-order chi connectivity index (χ0) is 13.5. The highest BCUT2D eigenvalue weighted by molar-refractivity contribution is 6.24. The predicted octanol–water partition coefficient (Wildman–Crippen LogP) is 2.95. The molecule has 0 aliphatic carbocycles. The minimum Gasteiger partial charge on any atom is -0.321 e. The average Bonchev–Trinajstić information content (AvgIpc) is 2.82. The van der Waals surface area contributed by atoms with E-state index in [0.29, 0.717) is 0 Å². The molecule has 102 valence electrons. The maximum absolute atomic E-state index is 11.9. The second-order valence-corrected chi connectivity index (χ2v) is 5.85. The third-order valence-corrected chi connectivity index (χ3v) is 4.59. The van der Waals surface area contributed by atoms with Gasteiger partial charge < -0.3 is 10.6 Å². The standard InChI is InChI=1S/C17H18N2O/c20-17-14-3-1-2-13-12(4-5-15(19-17)16(13)14)10-11-6-8-18-9-7-11/h1-5,11,18H,6-10H2,(H,19,20). The molecule has 2 aliphatic heterocycles. The molecule has 0 radical (unpaired) electrons. The lowest BCUT2D eigenvalue weighted by molar-refractivity contribution is 0.103. The largest absolute Gasteiger partial charge is 0.321 e. The van der Waals surface area contributed by atoms with Gasteiger partial charge in [-0.15, -0.1) is 0 Å². The molecule has 3 nitrogen and oxygen atoms in total. The Hall–Kier alpha value is -1.87. The van der Waals surface area contributed by atoms with Gasteiger partial charge in [0.05, 0.1) is 0 Å². The number of amides is 1. The van der Waals surface area contributed by atoms with Crippen LogP contribution >= 0.6 is 0 Å². The number of hydrogen-bond donors (Lipinski definition) is 2. The van der Waals surface area contributed by atoms with Gasteiger partial charge in [0.25, 0.3) is 5.91 Å². The van der Waals surface area contributed by atoms with Crippen LogP contribution in [0.2, 0.25) is 0 Å². The Morgan fingerprint density at radius 1 is 1.10 bits per heavy atom. The van der Waals surface area contributed by atoms with E-state index in [9.17, 15) is 4.79 Å². The minimum absolute atomic E-state index is 0.0321. The van der Waals surface area contributed by atoms with Gasteiger partial charge in [0, 0.05) is 16.6 Å².